The van der Waals surface area contributed by atoms with Crippen LogP contribution >= 0.6 is 0 Å². The number of hydrogen-bond acceptors (Lipinski definition) is 4. The molecule has 3 atom stereocenters. The molecule has 1 fully saturated rings. The number of nitrogens with one attached hydrogen (secondary N) is 2. The van der Waals surface area contributed by atoms with Crippen LogP contribution in [0.25, 0.3) is 0 Å². The highest BCUT2D eigenvalue weighted by molar-refractivity contribution is 5.80. The van der Waals surface area contributed by atoms with Crippen LogP contribution in [0, 0.1) is 5.92 Å². The topological polar surface area (TPSA) is 70.6 Å². The fourth-order valence-corrected chi connectivity index (χ4v) is 1.67. The highest BCUT2D eigenvalue weighted by Crippen LogP contribution is 2.13. The van der Waals surface area contributed by atoms with Crippen molar-refractivity contribution in [1.82, 2.24) is 10.6 Å². The van der Waals surface area contributed by atoms with Crippen molar-refractivity contribution in [1.29, 1.82) is 0 Å². The number of amides is 1. The predicted octanol–water partition coefficient (Wildman–Crippen LogP) is -0.892. The molecule has 0 radical (unpaired) electrons. The van der Waals surface area contributed by atoms with E-state index in [1.165, 1.54) is 0 Å². The van der Waals surface area contributed by atoms with E-state index in [4.69, 9.17) is 9.84 Å². The summed E-state index contributed by atoms with van der Waals surface area (Å²) in [7, 11) is 0. The summed E-state index contributed by atoms with van der Waals surface area (Å²) in [4.78, 5) is 11.8. The van der Waals surface area contributed by atoms with Gasteiger partial charge in [0.2, 0.25) is 5.91 Å². The highest BCUT2D eigenvalue weighted by atomic mass is 16.5. The third-order valence-electron chi connectivity index (χ3n) is 2.55. The Hall–Kier alpha value is -0.650. The Morgan fingerprint density at radius 1 is 1.60 bits per heavy atom. The first-order valence-corrected chi connectivity index (χ1v) is 5.41. The Labute approximate surface area is 90.2 Å². The van der Waals surface area contributed by atoms with Crippen LogP contribution in [-0.2, 0) is 9.53 Å². The predicted molar refractivity (Wildman–Crippen MR) is 56.5 cm³/mol. The van der Waals surface area contributed by atoms with E-state index >= 15 is 0 Å². The zero-order valence-electron chi connectivity index (χ0n) is 9.32. The van der Waals surface area contributed by atoms with Crippen molar-refractivity contribution in [2.75, 3.05) is 26.4 Å². The van der Waals surface area contributed by atoms with Gasteiger partial charge in [-0.2, -0.15) is 0 Å². The van der Waals surface area contributed by atoms with E-state index in [1.807, 2.05) is 6.92 Å². The van der Waals surface area contributed by atoms with Gasteiger partial charge in [-0.3, -0.25) is 4.79 Å². The smallest absolute Gasteiger partial charge is 0.227 e. The molecule has 1 aliphatic heterocycles. The number of aliphatic hydroxyl groups excluding tert-OH is 1. The van der Waals surface area contributed by atoms with Crippen molar-refractivity contribution in [2.45, 2.75) is 25.9 Å². The van der Waals surface area contributed by atoms with Crippen LogP contribution in [-0.4, -0.2) is 49.5 Å². The van der Waals surface area contributed by atoms with Crippen LogP contribution < -0.4 is 10.6 Å². The maximum atomic E-state index is 11.8. The van der Waals surface area contributed by atoms with Gasteiger partial charge in [0.05, 0.1) is 25.7 Å². The first-order chi connectivity index (χ1) is 7.19. The molecule has 0 saturated carbocycles. The van der Waals surface area contributed by atoms with E-state index in [9.17, 15) is 4.79 Å². The van der Waals surface area contributed by atoms with Crippen LogP contribution in [0.5, 0.6) is 0 Å². The summed E-state index contributed by atoms with van der Waals surface area (Å²) in [6, 6.07) is -0.0960. The molecular formula is C10H20N2O3. The van der Waals surface area contributed by atoms with Crippen LogP contribution in [0.15, 0.2) is 0 Å². The molecule has 15 heavy (non-hydrogen) atoms. The molecule has 1 amide bonds. The largest absolute Gasteiger partial charge is 0.394 e. The minimum Gasteiger partial charge on any atom is -0.394 e. The number of carbonyl (C=O) groups excluding carboxylic acids is 1. The van der Waals surface area contributed by atoms with Gasteiger partial charge in [0.15, 0.2) is 0 Å². The van der Waals surface area contributed by atoms with Crippen LogP contribution in [0.4, 0.5) is 0 Å². The molecule has 1 aliphatic rings. The third-order valence-corrected chi connectivity index (χ3v) is 2.55. The lowest BCUT2D eigenvalue weighted by Gasteiger charge is -2.19. The van der Waals surface area contributed by atoms with Crippen molar-refractivity contribution in [3.63, 3.8) is 0 Å². The maximum absolute atomic E-state index is 11.8. The summed E-state index contributed by atoms with van der Waals surface area (Å²) >= 11 is 0. The van der Waals surface area contributed by atoms with E-state index < -0.39 is 0 Å². The number of aliphatic hydroxyl groups is 1. The average molecular weight is 216 g/mol. The van der Waals surface area contributed by atoms with Crippen molar-refractivity contribution < 1.29 is 14.6 Å². The van der Waals surface area contributed by atoms with Gasteiger partial charge in [0.25, 0.3) is 0 Å². The molecule has 3 N–H and O–H groups in total. The summed E-state index contributed by atoms with van der Waals surface area (Å²) in [5, 5.41) is 14.8. The molecule has 1 rings (SSSR count). The molecule has 0 aromatic heterocycles. The zero-order chi connectivity index (χ0) is 11.3. The Bertz CT molecular complexity index is 211. The SMILES string of the molecule is CCNC1COCC1C(=O)N[C@@H](C)CO. The van der Waals surface area contributed by atoms with Crippen LogP contribution in [0.1, 0.15) is 13.8 Å². The van der Waals surface area contributed by atoms with Gasteiger partial charge in [-0.1, -0.05) is 6.92 Å². The summed E-state index contributed by atoms with van der Waals surface area (Å²) in [6.07, 6.45) is 0. The standard InChI is InChI=1S/C10H20N2O3/c1-3-11-9-6-15-5-8(9)10(14)12-7(2)4-13/h7-9,11,13H,3-6H2,1-2H3,(H,12,14)/t7-,8?,9?/m0/s1. The van der Waals surface area contributed by atoms with Crippen molar-refractivity contribution in [2.24, 2.45) is 5.92 Å². The number of hydrogen-bond donors (Lipinski definition) is 3. The molecule has 0 spiro atoms. The second-order valence-electron chi connectivity index (χ2n) is 3.90. The van der Waals surface area contributed by atoms with E-state index in [1.54, 1.807) is 6.92 Å². The van der Waals surface area contributed by atoms with E-state index in [0.717, 1.165) is 6.54 Å². The summed E-state index contributed by atoms with van der Waals surface area (Å²) in [5.41, 5.74) is 0. The molecule has 1 saturated heterocycles. The molecule has 0 aliphatic carbocycles. The fraction of sp³-hybridized carbons (Fsp3) is 0.900. The van der Waals surface area contributed by atoms with E-state index in [2.05, 4.69) is 10.6 Å². The van der Waals surface area contributed by atoms with Gasteiger partial charge in [0.1, 0.15) is 0 Å². The highest BCUT2D eigenvalue weighted by Gasteiger charge is 2.33. The molecule has 5 heteroatoms. The molecule has 5 nitrogen and oxygen atoms in total. The van der Waals surface area contributed by atoms with E-state index in [0.29, 0.717) is 13.2 Å². The van der Waals surface area contributed by atoms with Gasteiger partial charge in [-0.15, -0.1) is 0 Å². The molecule has 2 unspecified atom stereocenters. The second kappa shape index (κ2) is 6.05. The minimum absolute atomic E-state index is 0.0365. The Morgan fingerprint density at radius 3 is 2.93 bits per heavy atom. The lowest BCUT2D eigenvalue weighted by Crippen LogP contribution is -2.47. The van der Waals surface area contributed by atoms with Crippen LogP contribution in [0.3, 0.4) is 0 Å². The zero-order valence-corrected chi connectivity index (χ0v) is 9.32. The molecule has 0 aromatic rings. The minimum atomic E-state index is -0.194. The van der Waals surface area contributed by atoms with Gasteiger partial charge in [0, 0.05) is 12.1 Å². The monoisotopic (exact) mass is 216 g/mol. The fourth-order valence-electron chi connectivity index (χ4n) is 1.67. The van der Waals surface area contributed by atoms with Crippen molar-refractivity contribution in [3.05, 3.63) is 0 Å². The maximum Gasteiger partial charge on any atom is 0.227 e. The Balaban J connectivity index is 2.43. The molecular weight excluding hydrogens is 196 g/mol. The third kappa shape index (κ3) is 3.44. The molecule has 0 aromatic carbocycles. The number of likely N-dealkylation sites (N-methyl/N-ethyl adjacent to an activating group) is 1. The van der Waals surface area contributed by atoms with Gasteiger partial charge in [-0.05, 0) is 13.5 Å². The lowest BCUT2D eigenvalue weighted by atomic mass is 10.0. The molecule has 0 bridgehead atoms. The van der Waals surface area contributed by atoms with Crippen molar-refractivity contribution >= 4 is 5.91 Å². The number of ether oxygens (including phenoxy) is 1. The van der Waals surface area contributed by atoms with Gasteiger partial charge < -0.3 is 20.5 Å². The lowest BCUT2D eigenvalue weighted by molar-refractivity contribution is -0.126. The molecule has 1 heterocycles. The average Bonchev–Trinajstić information content (AvgIpc) is 2.66. The Morgan fingerprint density at radius 2 is 2.33 bits per heavy atom. The van der Waals surface area contributed by atoms with Gasteiger partial charge >= 0.3 is 0 Å². The summed E-state index contributed by atoms with van der Waals surface area (Å²) in [6.45, 7) is 5.61. The number of carbonyl (C=O) groups is 1. The van der Waals surface area contributed by atoms with Gasteiger partial charge in [-0.25, -0.2) is 0 Å². The normalized spacial score (nSPS) is 27.7. The first kappa shape index (κ1) is 12.4. The summed E-state index contributed by atoms with van der Waals surface area (Å²) in [5.74, 6) is -0.182. The quantitative estimate of drug-likeness (QED) is 0.557. The second-order valence-corrected chi connectivity index (χ2v) is 3.90. The molecule has 88 valence electrons. The summed E-state index contributed by atoms with van der Waals surface area (Å²) < 4.78 is 5.27. The first-order valence-electron chi connectivity index (χ1n) is 5.41. The van der Waals surface area contributed by atoms with Crippen LogP contribution in [0.2, 0.25) is 0 Å². The number of rotatable bonds is 5. The Kier molecular flexibility index (Phi) is 5.01. The van der Waals surface area contributed by atoms with Crippen molar-refractivity contribution in [3.8, 4) is 0 Å². The van der Waals surface area contributed by atoms with E-state index in [-0.39, 0.29) is 30.5 Å².